The van der Waals surface area contributed by atoms with Crippen LogP contribution in [-0.2, 0) is 4.79 Å². The summed E-state index contributed by atoms with van der Waals surface area (Å²) in [6.45, 7) is 0.353. The lowest BCUT2D eigenvalue weighted by molar-refractivity contribution is -0.137. The van der Waals surface area contributed by atoms with Crippen molar-refractivity contribution in [3.05, 3.63) is 23.2 Å². The number of carboxylic acids is 1. The van der Waals surface area contributed by atoms with Gasteiger partial charge in [-0.15, -0.1) is 0 Å². The zero-order valence-electron chi connectivity index (χ0n) is 8.57. The molecule has 16 heavy (non-hydrogen) atoms. The average Bonchev–Trinajstić information content (AvgIpc) is 2.21. The normalized spacial score (nSPS) is 9.88. The number of nitrogens with two attached hydrogens (primary N) is 1. The van der Waals surface area contributed by atoms with Crippen molar-refractivity contribution < 1.29 is 14.6 Å². The number of halogens is 1. The Hall–Kier alpha value is -1.46. The number of anilines is 1. The lowest BCUT2D eigenvalue weighted by Crippen LogP contribution is -2.12. The maximum atomic E-state index is 10.3. The molecule has 4 N–H and O–H groups in total. The van der Waals surface area contributed by atoms with Gasteiger partial charge in [-0.2, -0.15) is 0 Å². The second-order valence-electron chi connectivity index (χ2n) is 3.01. The van der Waals surface area contributed by atoms with Gasteiger partial charge in [0.25, 0.3) is 0 Å². The van der Waals surface area contributed by atoms with Crippen LogP contribution in [0.2, 0.25) is 5.02 Å². The van der Waals surface area contributed by atoms with Crippen LogP contribution in [0.3, 0.4) is 0 Å². The van der Waals surface area contributed by atoms with Crippen LogP contribution in [0.25, 0.3) is 0 Å². The molecule has 0 unspecified atom stereocenters. The van der Waals surface area contributed by atoms with Crippen LogP contribution in [-0.4, -0.2) is 24.4 Å². The number of nitrogens with one attached hydrogen (secondary N) is 1. The van der Waals surface area contributed by atoms with Crippen molar-refractivity contribution >= 4 is 23.3 Å². The number of hydrogen-bond acceptors (Lipinski definition) is 4. The molecule has 0 aliphatic carbocycles. The summed E-state index contributed by atoms with van der Waals surface area (Å²) in [6.07, 6.45) is -0.0509. The lowest BCUT2D eigenvalue weighted by Gasteiger charge is -2.11. The topological polar surface area (TPSA) is 84.6 Å². The zero-order chi connectivity index (χ0) is 12.0. The highest BCUT2D eigenvalue weighted by Gasteiger charge is 2.05. The third kappa shape index (κ3) is 3.96. The van der Waals surface area contributed by atoms with Gasteiger partial charge in [0.1, 0.15) is 5.75 Å². The quantitative estimate of drug-likeness (QED) is 0.661. The minimum Gasteiger partial charge on any atom is -0.491 e. The van der Waals surface area contributed by atoms with E-state index in [-0.39, 0.29) is 19.7 Å². The first kappa shape index (κ1) is 12.6. The van der Waals surface area contributed by atoms with Gasteiger partial charge in [0, 0.05) is 5.02 Å². The van der Waals surface area contributed by atoms with Crippen LogP contribution in [0.4, 0.5) is 5.69 Å². The SMILES string of the molecule is NCNc1cc(Cl)ccc1OCCC(=O)O. The van der Waals surface area contributed by atoms with Crippen LogP contribution in [0.5, 0.6) is 5.75 Å². The van der Waals surface area contributed by atoms with Crippen LogP contribution >= 0.6 is 11.6 Å². The Morgan fingerprint density at radius 3 is 2.94 bits per heavy atom. The molecule has 1 rings (SSSR count). The molecule has 0 aromatic heterocycles. The fourth-order valence-electron chi connectivity index (χ4n) is 1.12. The first-order valence-corrected chi connectivity index (χ1v) is 5.09. The highest BCUT2D eigenvalue weighted by molar-refractivity contribution is 6.30. The van der Waals surface area contributed by atoms with Crippen molar-refractivity contribution in [3.63, 3.8) is 0 Å². The summed E-state index contributed by atoms with van der Waals surface area (Å²) in [5.41, 5.74) is 6.01. The van der Waals surface area contributed by atoms with Crippen molar-refractivity contribution in [2.75, 3.05) is 18.6 Å². The van der Waals surface area contributed by atoms with Crippen LogP contribution < -0.4 is 15.8 Å². The van der Waals surface area contributed by atoms with Crippen molar-refractivity contribution in [2.24, 2.45) is 5.73 Å². The summed E-state index contributed by atoms with van der Waals surface area (Å²) in [5.74, 6) is -0.363. The van der Waals surface area contributed by atoms with E-state index in [0.29, 0.717) is 16.5 Å². The van der Waals surface area contributed by atoms with Gasteiger partial charge >= 0.3 is 5.97 Å². The average molecular weight is 245 g/mol. The number of carboxylic acid groups (broad SMARTS) is 1. The van der Waals surface area contributed by atoms with Gasteiger partial charge in [-0.25, -0.2) is 0 Å². The van der Waals surface area contributed by atoms with Gasteiger partial charge in [-0.05, 0) is 18.2 Å². The smallest absolute Gasteiger partial charge is 0.306 e. The molecule has 88 valence electrons. The molecule has 0 fully saturated rings. The summed E-state index contributed by atoms with van der Waals surface area (Å²) in [4.78, 5) is 10.3. The molecule has 0 bridgehead atoms. The molecule has 0 spiro atoms. The number of benzene rings is 1. The summed E-state index contributed by atoms with van der Waals surface area (Å²) in [6, 6.07) is 5.01. The first-order valence-electron chi connectivity index (χ1n) is 4.71. The predicted octanol–water partition coefficient (Wildman–Crippen LogP) is 1.52. The van der Waals surface area contributed by atoms with Crippen LogP contribution in [0.15, 0.2) is 18.2 Å². The Bertz CT molecular complexity index is 371. The molecule has 0 amide bonds. The van der Waals surface area contributed by atoms with E-state index in [0.717, 1.165) is 0 Å². The number of rotatable bonds is 6. The molecule has 0 saturated heterocycles. The van der Waals surface area contributed by atoms with Gasteiger partial charge in [-0.3, -0.25) is 4.79 Å². The van der Waals surface area contributed by atoms with Gasteiger partial charge < -0.3 is 20.9 Å². The number of carbonyl (C=O) groups is 1. The molecule has 5 nitrogen and oxygen atoms in total. The number of ether oxygens (including phenoxy) is 1. The molecule has 1 aromatic rings. The zero-order valence-corrected chi connectivity index (χ0v) is 9.33. The van der Waals surface area contributed by atoms with E-state index in [4.69, 9.17) is 27.2 Å². The Morgan fingerprint density at radius 1 is 1.56 bits per heavy atom. The maximum Gasteiger partial charge on any atom is 0.306 e. The van der Waals surface area contributed by atoms with E-state index < -0.39 is 5.97 Å². The maximum absolute atomic E-state index is 10.3. The van der Waals surface area contributed by atoms with E-state index in [9.17, 15) is 4.79 Å². The van der Waals surface area contributed by atoms with Crippen molar-refractivity contribution in [1.29, 1.82) is 0 Å². The second-order valence-corrected chi connectivity index (χ2v) is 3.45. The molecule has 0 atom stereocenters. The predicted molar refractivity (Wildman–Crippen MR) is 61.9 cm³/mol. The number of hydrogen-bond donors (Lipinski definition) is 3. The minimum atomic E-state index is -0.901. The standard InChI is InChI=1S/C10H13ClN2O3/c11-7-1-2-9(8(5-7)13-6-12)16-4-3-10(14)15/h1-2,5,13H,3-4,6,12H2,(H,14,15). The third-order valence-corrected chi connectivity index (χ3v) is 2.04. The molecule has 6 heteroatoms. The van der Waals surface area contributed by atoms with Gasteiger partial charge in [0.05, 0.1) is 25.4 Å². The largest absolute Gasteiger partial charge is 0.491 e. The highest BCUT2D eigenvalue weighted by Crippen LogP contribution is 2.27. The molecule has 0 radical (unpaired) electrons. The summed E-state index contributed by atoms with van der Waals surface area (Å²) in [5, 5.41) is 11.9. The Balaban J connectivity index is 2.66. The van der Waals surface area contributed by atoms with E-state index in [2.05, 4.69) is 5.32 Å². The lowest BCUT2D eigenvalue weighted by atomic mass is 10.3. The fraction of sp³-hybridized carbons (Fsp3) is 0.300. The summed E-state index contributed by atoms with van der Waals surface area (Å²) >= 11 is 5.81. The molecule has 1 aromatic carbocycles. The fourth-order valence-corrected chi connectivity index (χ4v) is 1.30. The molecule has 0 aliphatic heterocycles. The Morgan fingerprint density at radius 2 is 2.31 bits per heavy atom. The third-order valence-electron chi connectivity index (χ3n) is 1.81. The monoisotopic (exact) mass is 244 g/mol. The molecular weight excluding hydrogens is 232 g/mol. The highest BCUT2D eigenvalue weighted by atomic mass is 35.5. The Labute approximate surface area is 98.2 Å². The van der Waals surface area contributed by atoms with E-state index in [1.54, 1.807) is 18.2 Å². The summed E-state index contributed by atoms with van der Waals surface area (Å²) < 4.78 is 5.30. The van der Waals surface area contributed by atoms with E-state index in [1.165, 1.54) is 0 Å². The Kier molecular flexibility index (Phi) is 4.88. The second kappa shape index (κ2) is 6.19. The van der Waals surface area contributed by atoms with Crippen molar-refractivity contribution in [1.82, 2.24) is 0 Å². The van der Waals surface area contributed by atoms with Gasteiger partial charge in [-0.1, -0.05) is 11.6 Å². The molecule has 0 saturated carbocycles. The van der Waals surface area contributed by atoms with Gasteiger partial charge in [0.15, 0.2) is 0 Å². The molecule has 0 aliphatic rings. The van der Waals surface area contributed by atoms with Crippen molar-refractivity contribution in [3.8, 4) is 5.75 Å². The van der Waals surface area contributed by atoms with Gasteiger partial charge in [0.2, 0.25) is 0 Å². The minimum absolute atomic E-state index is 0.0509. The molecular formula is C10H13ClN2O3. The first-order chi connectivity index (χ1) is 7.63. The van der Waals surface area contributed by atoms with Crippen LogP contribution in [0.1, 0.15) is 6.42 Å². The van der Waals surface area contributed by atoms with E-state index in [1.807, 2.05) is 0 Å². The van der Waals surface area contributed by atoms with Crippen LogP contribution in [0, 0.1) is 0 Å². The number of aliphatic carboxylic acids is 1. The van der Waals surface area contributed by atoms with Crippen molar-refractivity contribution in [2.45, 2.75) is 6.42 Å². The van der Waals surface area contributed by atoms with E-state index >= 15 is 0 Å². The molecule has 0 heterocycles. The summed E-state index contributed by atoms with van der Waals surface area (Å²) in [7, 11) is 0.